The second kappa shape index (κ2) is 6.06. The van der Waals surface area contributed by atoms with Gasteiger partial charge in [0.25, 0.3) is 0 Å². The van der Waals surface area contributed by atoms with Crippen LogP contribution in [-0.4, -0.2) is 28.6 Å². The summed E-state index contributed by atoms with van der Waals surface area (Å²) >= 11 is 1.92. The lowest BCUT2D eigenvalue weighted by atomic mass is 10.1. The molecule has 1 fully saturated rings. The number of amidine groups is 1. The smallest absolute Gasteiger partial charge is 0.170 e. The maximum Gasteiger partial charge on any atom is 0.170 e. The first-order valence-electron chi connectivity index (χ1n) is 5.78. The third kappa shape index (κ3) is 3.14. The molecule has 4 nitrogen and oxygen atoms in total. The normalized spacial score (nSPS) is 20.3. The molecule has 0 amide bonds. The van der Waals surface area contributed by atoms with Crippen molar-refractivity contribution >= 4 is 17.6 Å². The number of oxime groups is 1. The van der Waals surface area contributed by atoms with Crippen LogP contribution in [0.3, 0.4) is 0 Å². The number of hydrogen-bond donors (Lipinski definition) is 3. The lowest BCUT2D eigenvalue weighted by Crippen LogP contribution is -2.29. The fourth-order valence-corrected chi connectivity index (χ4v) is 3.13. The zero-order valence-electron chi connectivity index (χ0n) is 9.90. The van der Waals surface area contributed by atoms with Crippen LogP contribution < -0.4 is 11.1 Å². The summed E-state index contributed by atoms with van der Waals surface area (Å²) in [6.45, 7) is 0.594. The highest BCUT2D eigenvalue weighted by atomic mass is 32.2. The van der Waals surface area contributed by atoms with Crippen molar-refractivity contribution in [2.24, 2.45) is 10.9 Å². The highest BCUT2D eigenvalue weighted by Gasteiger charge is 2.16. The zero-order chi connectivity index (χ0) is 13.0. The molecule has 6 heteroatoms. The number of benzene rings is 1. The molecule has 1 atom stereocenters. The van der Waals surface area contributed by atoms with Crippen LogP contribution in [0.4, 0.5) is 4.39 Å². The minimum Gasteiger partial charge on any atom is -0.409 e. The van der Waals surface area contributed by atoms with Crippen LogP contribution in [0, 0.1) is 5.82 Å². The van der Waals surface area contributed by atoms with Crippen LogP contribution in [0.15, 0.2) is 23.4 Å². The minimum atomic E-state index is -0.392. The van der Waals surface area contributed by atoms with Gasteiger partial charge in [-0.1, -0.05) is 11.2 Å². The third-order valence-electron chi connectivity index (χ3n) is 2.97. The zero-order valence-corrected chi connectivity index (χ0v) is 10.7. The number of halogens is 1. The summed E-state index contributed by atoms with van der Waals surface area (Å²) < 4.78 is 13.2. The summed E-state index contributed by atoms with van der Waals surface area (Å²) in [4.78, 5) is 0. The average molecular weight is 269 g/mol. The Hall–Kier alpha value is -1.27. The van der Waals surface area contributed by atoms with E-state index in [0.29, 0.717) is 18.2 Å². The minimum absolute atomic E-state index is 0.0629. The van der Waals surface area contributed by atoms with Crippen LogP contribution in [-0.2, 0) is 6.54 Å². The van der Waals surface area contributed by atoms with Gasteiger partial charge in [0, 0.05) is 23.9 Å². The molecule has 1 saturated heterocycles. The standard InChI is InChI=1S/C12H16FN3OS/c13-9-2-1-8(11(5-9)12(14)16-17)6-15-10-3-4-18-7-10/h1-2,5,10,15,17H,3-4,6-7H2,(H2,14,16). The SMILES string of the molecule is N/C(=N/O)c1cc(F)ccc1CNC1CCSC1. The lowest BCUT2D eigenvalue weighted by Gasteiger charge is -2.13. The van der Waals surface area contributed by atoms with Gasteiger partial charge in [-0.05, 0) is 29.9 Å². The maximum absolute atomic E-state index is 13.2. The van der Waals surface area contributed by atoms with E-state index in [1.807, 2.05) is 11.8 Å². The Morgan fingerprint density at radius 2 is 2.44 bits per heavy atom. The predicted molar refractivity (Wildman–Crippen MR) is 71.5 cm³/mol. The monoisotopic (exact) mass is 269 g/mol. The molecule has 1 heterocycles. The first-order valence-corrected chi connectivity index (χ1v) is 6.93. The Kier molecular flexibility index (Phi) is 4.43. The van der Waals surface area contributed by atoms with E-state index in [-0.39, 0.29) is 5.84 Å². The first kappa shape index (κ1) is 13.2. The van der Waals surface area contributed by atoms with E-state index in [1.165, 1.54) is 17.9 Å². The summed E-state index contributed by atoms with van der Waals surface area (Å²) in [5.74, 6) is 1.82. The number of thioether (sulfide) groups is 1. The van der Waals surface area contributed by atoms with E-state index < -0.39 is 5.82 Å². The van der Waals surface area contributed by atoms with E-state index in [9.17, 15) is 4.39 Å². The van der Waals surface area contributed by atoms with Crippen molar-refractivity contribution in [1.82, 2.24) is 5.32 Å². The van der Waals surface area contributed by atoms with Gasteiger partial charge < -0.3 is 16.3 Å². The Bertz CT molecular complexity index is 447. The van der Waals surface area contributed by atoms with E-state index >= 15 is 0 Å². The van der Waals surface area contributed by atoms with Crippen molar-refractivity contribution in [3.8, 4) is 0 Å². The van der Waals surface area contributed by atoms with Gasteiger partial charge in [0.05, 0.1) is 0 Å². The molecule has 98 valence electrons. The van der Waals surface area contributed by atoms with Crippen LogP contribution in [0.25, 0.3) is 0 Å². The summed E-state index contributed by atoms with van der Waals surface area (Å²) in [7, 11) is 0. The number of rotatable bonds is 4. The molecule has 0 spiro atoms. The van der Waals surface area contributed by atoms with Crippen LogP contribution in [0.1, 0.15) is 17.5 Å². The van der Waals surface area contributed by atoms with Gasteiger partial charge in [-0.25, -0.2) is 4.39 Å². The van der Waals surface area contributed by atoms with E-state index in [0.717, 1.165) is 17.7 Å². The fraction of sp³-hybridized carbons (Fsp3) is 0.417. The van der Waals surface area contributed by atoms with E-state index in [2.05, 4.69) is 10.5 Å². The highest BCUT2D eigenvalue weighted by molar-refractivity contribution is 7.99. The first-order chi connectivity index (χ1) is 8.70. The molecule has 0 bridgehead atoms. The van der Waals surface area contributed by atoms with E-state index in [4.69, 9.17) is 10.9 Å². The van der Waals surface area contributed by atoms with Gasteiger partial charge in [-0.2, -0.15) is 11.8 Å². The predicted octanol–water partition coefficient (Wildman–Crippen LogP) is 1.52. The van der Waals surface area contributed by atoms with Crippen molar-refractivity contribution < 1.29 is 9.60 Å². The Morgan fingerprint density at radius 3 is 3.11 bits per heavy atom. The lowest BCUT2D eigenvalue weighted by molar-refractivity contribution is 0.318. The topological polar surface area (TPSA) is 70.6 Å². The van der Waals surface area contributed by atoms with Gasteiger partial charge >= 0.3 is 0 Å². The van der Waals surface area contributed by atoms with Crippen LogP contribution in [0.5, 0.6) is 0 Å². The van der Waals surface area contributed by atoms with Crippen LogP contribution >= 0.6 is 11.8 Å². The number of nitrogens with two attached hydrogens (primary N) is 1. The summed E-state index contributed by atoms with van der Waals surface area (Å²) in [6, 6.07) is 4.82. The van der Waals surface area contributed by atoms with Crippen molar-refractivity contribution in [3.63, 3.8) is 0 Å². The molecule has 2 rings (SSSR count). The summed E-state index contributed by atoms with van der Waals surface area (Å²) in [6.07, 6.45) is 1.14. The van der Waals surface area contributed by atoms with Gasteiger partial charge in [0.15, 0.2) is 5.84 Å². The maximum atomic E-state index is 13.2. The summed E-state index contributed by atoms with van der Waals surface area (Å²) in [5, 5.41) is 15.0. The molecule has 4 N–H and O–H groups in total. The second-order valence-corrected chi connectivity index (χ2v) is 5.38. The Balaban J connectivity index is 2.10. The molecule has 18 heavy (non-hydrogen) atoms. The average Bonchev–Trinajstić information content (AvgIpc) is 2.89. The number of nitrogens with one attached hydrogen (secondary N) is 1. The molecular weight excluding hydrogens is 253 g/mol. The molecule has 0 radical (unpaired) electrons. The molecule has 0 saturated carbocycles. The fourth-order valence-electron chi connectivity index (χ4n) is 1.94. The Labute approximate surface area is 109 Å². The molecule has 1 aliphatic rings. The van der Waals surface area contributed by atoms with Crippen molar-refractivity contribution in [1.29, 1.82) is 0 Å². The molecule has 1 aromatic carbocycles. The second-order valence-electron chi connectivity index (χ2n) is 4.23. The molecule has 0 aliphatic carbocycles. The Morgan fingerprint density at radius 1 is 1.61 bits per heavy atom. The molecule has 1 aliphatic heterocycles. The van der Waals surface area contributed by atoms with Crippen molar-refractivity contribution in [3.05, 3.63) is 35.1 Å². The van der Waals surface area contributed by atoms with Gasteiger partial charge in [0.2, 0.25) is 0 Å². The number of nitrogens with zero attached hydrogens (tertiary/aromatic N) is 1. The van der Waals surface area contributed by atoms with E-state index in [1.54, 1.807) is 6.07 Å². The third-order valence-corrected chi connectivity index (χ3v) is 4.13. The van der Waals surface area contributed by atoms with Gasteiger partial charge in [-0.3, -0.25) is 0 Å². The number of hydrogen-bond acceptors (Lipinski definition) is 4. The van der Waals surface area contributed by atoms with Gasteiger partial charge in [0.1, 0.15) is 5.82 Å². The molecule has 1 aromatic rings. The summed E-state index contributed by atoms with van der Waals surface area (Å²) in [5.41, 5.74) is 6.83. The molecular formula is C12H16FN3OS. The largest absolute Gasteiger partial charge is 0.409 e. The highest BCUT2D eigenvalue weighted by Crippen LogP contribution is 2.18. The quantitative estimate of drug-likeness (QED) is 0.335. The van der Waals surface area contributed by atoms with Crippen molar-refractivity contribution in [2.45, 2.75) is 19.0 Å². The van der Waals surface area contributed by atoms with Crippen molar-refractivity contribution in [2.75, 3.05) is 11.5 Å². The van der Waals surface area contributed by atoms with Crippen LogP contribution in [0.2, 0.25) is 0 Å². The molecule has 1 unspecified atom stereocenters. The van der Waals surface area contributed by atoms with Gasteiger partial charge in [-0.15, -0.1) is 0 Å². The molecule has 0 aromatic heterocycles.